The highest BCUT2D eigenvalue weighted by Gasteiger charge is 2.24. The van der Waals surface area contributed by atoms with Gasteiger partial charge in [-0.3, -0.25) is 0 Å². The van der Waals surface area contributed by atoms with E-state index in [1.807, 2.05) is 25.1 Å². The largest absolute Gasteiger partial charge is 0.378 e. The highest BCUT2D eigenvalue weighted by molar-refractivity contribution is 5.59. The van der Waals surface area contributed by atoms with Crippen LogP contribution in [0, 0.1) is 24.4 Å². The van der Waals surface area contributed by atoms with E-state index in [0.29, 0.717) is 12.0 Å². The number of aryl methyl sites for hydroxylation is 1. The molecule has 0 aliphatic carbocycles. The zero-order valence-electron chi connectivity index (χ0n) is 10.3. The van der Waals surface area contributed by atoms with Crippen LogP contribution in [-0.2, 0) is 6.42 Å². The van der Waals surface area contributed by atoms with Crippen LogP contribution in [0.4, 0.5) is 18.9 Å². The molecule has 0 amide bonds. The number of hydrogen-bond donors (Lipinski definition) is 1. The van der Waals surface area contributed by atoms with Crippen LogP contribution < -0.4 is 5.32 Å². The standard InChI is InChI=1S/C15H12F3N/c1-8-2-3-9-7-14(19-13(9)4-8)10-5-11(16)15(18)12(17)6-10/h2-6,14,19H,7H2,1H3. The smallest absolute Gasteiger partial charge is 0.194 e. The van der Waals surface area contributed by atoms with Gasteiger partial charge in [0.25, 0.3) is 0 Å². The highest BCUT2D eigenvalue weighted by atomic mass is 19.2. The number of fused-ring (bicyclic) bond motifs is 1. The van der Waals surface area contributed by atoms with Gasteiger partial charge in [0.1, 0.15) is 0 Å². The third-order valence-electron chi connectivity index (χ3n) is 3.43. The summed E-state index contributed by atoms with van der Waals surface area (Å²) in [7, 11) is 0. The summed E-state index contributed by atoms with van der Waals surface area (Å²) in [5.74, 6) is -3.72. The second-order valence-electron chi connectivity index (χ2n) is 4.86. The molecular weight excluding hydrogens is 251 g/mol. The summed E-state index contributed by atoms with van der Waals surface area (Å²) < 4.78 is 39.4. The number of nitrogens with one attached hydrogen (secondary N) is 1. The molecular formula is C15H12F3N. The molecule has 98 valence electrons. The number of benzene rings is 2. The van der Waals surface area contributed by atoms with E-state index in [0.717, 1.165) is 28.9 Å². The molecule has 1 atom stereocenters. The van der Waals surface area contributed by atoms with Crippen LogP contribution >= 0.6 is 0 Å². The monoisotopic (exact) mass is 263 g/mol. The molecule has 1 N–H and O–H groups in total. The van der Waals surface area contributed by atoms with Crippen molar-refractivity contribution in [2.75, 3.05) is 5.32 Å². The van der Waals surface area contributed by atoms with Crippen molar-refractivity contribution in [2.45, 2.75) is 19.4 Å². The van der Waals surface area contributed by atoms with Gasteiger partial charge in [-0.25, -0.2) is 13.2 Å². The molecule has 1 nitrogen and oxygen atoms in total. The minimum atomic E-state index is -1.42. The van der Waals surface area contributed by atoms with Gasteiger partial charge >= 0.3 is 0 Å². The second kappa shape index (κ2) is 4.30. The lowest BCUT2D eigenvalue weighted by Crippen LogP contribution is -2.07. The van der Waals surface area contributed by atoms with E-state index in [4.69, 9.17) is 0 Å². The van der Waals surface area contributed by atoms with Crippen molar-refractivity contribution in [3.8, 4) is 0 Å². The van der Waals surface area contributed by atoms with Crippen LogP contribution in [0.2, 0.25) is 0 Å². The zero-order chi connectivity index (χ0) is 13.6. The van der Waals surface area contributed by atoms with Crippen molar-refractivity contribution in [1.82, 2.24) is 0 Å². The average molecular weight is 263 g/mol. The number of anilines is 1. The summed E-state index contributed by atoms with van der Waals surface area (Å²) in [4.78, 5) is 0. The van der Waals surface area contributed by atoms with Crippen molar-refractivity contribution in [2.24, 2.45) is 0 Å². The molecule has 19 heavy (non-hydrogen) atoms. The zero-order valence-corrected chi connectivity index (χ0v) is 10.3. The van der Waals surface area contributed by atoms with Crippen molar-refractivity contribution in [3.05, 3.63) is 64.5 Å². The Morgan fingerprint density at radius 1 is 1.05 bits per heavy atom. The Kier molecular flexibility index (Phi) is 2.73. The Morgan fingerprint density at radius 3 is 2.42 bits per heavy atom. The summed E-state index contributed by atoms with van der Waals surface area (Å²) in [6.07, 6.45) is 0.639. The number of rotatable bonds is 1. The first kappa shape index (κ1) is 12.1. The van der Waals surface area contributed by atoms with E-state index in [-0.39, 0.29) is 6.04 Å². The van der Waals surface area contributed by atoms with E-state index >= 15 is 0 Å². The third kappa shape index (κ3) is 2.07. The molecule has 2 aromatic rings. The Balaban J connectivity index is 1.95. The van der Waals surface area contributed by atoms with Gasteiger partial charge in [0.2, 0.25) is 0 Å². The predicted octanol–water partition coefficient (Wildman–Crippen LogP) is 4.12. The molecule has 0 aromatic heterocycles. The maximum atomic E-state index is 13.2. The summed E-state index contributed by atoms with van der Waals surface area (Å²) in [5.41, 5.74) is 3.60. The fourth-order valence-corrected chi connectivity index (χ4v) is 2.44. The van der Waals surface area contributed by atoms with E-state index in [9.17, 15) is 13.2 Å². The normalized spacial score (nSPS) is 17.2. The first-order valence-electron chi connectivity index (χ1n) is 6.05. The minimum Gasteiger partial charge on any atom is -0.378 e. The van der Waals surface area contributed by atoms with Crippen LogP contribution in [0.3, 0.4) is 0 Å². The minimum absolute atomic E-state index is 0.221. The SMILES string of the molecule is Cc1ccc2c(c1)NC(c1cc(F)c(F)c(F)c1)C2. The van der Waals surface area contributed by atoms with Gasteiger partial charge in [-0.15, -0.1) is 0 Å². The Labute approximate surface area is 109 Å². The van der Waals surface area contributed by atoms with Crippen molar-refractivity contribution >= 4 is 5.69 Å². The van der Waals surface area contributed by atoms with Gasteiger partial charge in [0, 0.05) is 5.69 Å². The van der Waals surface area contributed by atoms with Gasteiger partial charge in [-0.05, 0) is 48.2 Å². The molecule has 1 aliphatic heterocycles. The number of halogens is 3. The summed E-state index contributed by atoms with van der Waals surface area (Å²) >= 11 is 0. The molecule has 0 saturated heterocycles. The lowest BCUT2D eigenvalue weighted by atomic mass is 10.0. The molecule has 3 rings (SSSR count). The van der Waals surface area contributed by atoms with Crippen LogP contribution in [0.1, 0.15) is 22.7 Å². The molecule has 0 saturated carbocycles. The lowest BCUT2D eigenvalue weighted by Gasteiger charge is -2.12. The molecule has 1 aliphatic rings. The van der Waals surface area contributed by atoms with Gasteiger partial charge < -0.3 is 5.32 Å². The van der Waals surface area contributed by atoms with Gasteiger partial charge in [-0.2, -0.15) is 0 Å². The fraction of sp³-hybridized carbons (Fsp3) is 0.200. The first-order valence-corrected chi connectivity index (χ1v) is 6.05. The van der Waals surface area contributed by atoms with Gasteiger partial charge in [-0.1, -0.05) is 12.1 Å². The molecule has 0 radical (unpaired) electrons. The Bertz CT molecular complexity index is 629. The topological polar surface area (TPSA) is 12.0 Å². The highest BCUT2D eigenvalue weighted by Crippen LogP contribution is 2.35. The quantitative estimate of drug-likeness (QED) is 0.763. The predicted molar refractivity (Wildman–Crippen MR) is 67.6 cm³/mol. The van der Waals surface area contributed by atoms with Crippen LogP contribution in [0.5, 0.6) is 0 Å². The summed E-state index contributed by atoms with van der Waals surface area (Å²) in [6, 6.07) is 7.86. The molecule has 4 heteroatoms. The Morgan fingerprint density at radius 2 is 1.74 bits per heavy atom. The summed E-state index contributed by atoms with van der Waals surface area (Å²) in [6.45, 7) is 1.98. The second-order valence-corrected chi connectivity index (χ2v) is 4.86. The van der Waals surface area contributed by atoms with Crippen molar-refractivity contribution in [1.29, 1.82) is 0 Å². The maximum Gasteiger partial charge on any atom is 0.194 e. The number of hydrogen-bond acceptors (Lipinski definition) is 1. The van der Waals surface area contributed by atoms with Gasteiger partial charge in [0.15, 0.2) is 17.5 Å². The molecule has 1 unspecified atom stereocenters. The molecule has 0 bridgehead atoms. The van der Waals surface area contributed by atoms with E-state index in [2.05, 4.69) is 5.32 Å². The van der Waals surface area contributed by atoms with Crippen molar-refractivity contribution in [3.63, 3.8) is 0 Å². The Hall–Kier alpha value is -1.97. The van der Waals surface area contributed by atoms with E-state index in [1.54, 1.807) is 0 Å². The fourth-order valence-electron chi connectivity index (χ4n) is 2.44. The molecule has 0 fully saturated rings. The van der Waals surface area contributed by atoms with Crippen LogP contribution in [0.25, 0.3) is 0 Å². The summed E-state index contributed by atoms with van der Waals surface area (Å²) in [5, 5.41) is 3.21. The molecule has 0 spiro atoms. The third-order valence-corrected chi connectivity index (χ3v) is 3.43. The first-order chi connectivity index (χ1) is 9.04. The molecule has 2 aromatic carbocycles. The maximum absolute atomic E-state index is 13.2. The van der Waals surface area contributed by atoms with Crippen LogP contribution in [0.15, 0.2) is 30.3 Å². The van der Waals surface area contributed by atoms with Gasteiger partial charge in [0.05, 0.1) is 6.04 Å². The van der Waals surface area contributed by atoms with E-state index in [1.165, 1.54) is 0 Å². The van der Waals surface area contributed by atoms with E-state index < -0.39 is 17.5 Å². The van der Waals surface area contributed by atoms with Crippen molar-refractivity contribution < 1.29 is 13.2 Å². The molecule has 1 heterocycles. The van der Waals surface area contributed by atoms with Crippen LogP contribution in [-0.4, -0.2) is 0 Å². The lowest BCUT2D eigenvalue weighted by molar-refractivity contribution is 0.444. The average Bonchev–Trinajstić information content (AvgIpc) is 2.78.